The number of benzene rings is 2. The van der Waals surface area contributed by atoms with Gasteiger partial charge in [-0.15, -0.1) is 0 Å². The van der Waals surface area contributed by atoms with Gasteiger partial charge in [-0.2, -0.15) is 8.78 Å². The van der Waals surface area contributed by atoms with E-state index in [1.54, 1.807) is 38.2 Å². The lowest BCUT2D eigenvalue weighted by Gasteiger charge is -2.26. The van der Waals surface area contributed by atoms with E-state index in [0.29, 0.717) is 39.5 Å². The Morgan fingerprint density at radius 3 is 2.84 bits per heavy atom. The topological polar surface area (TPSA) is 76.6 Å². The van der Waals surface area contributed by atoms with Crippen LogP contribution in [0.4, 0.5) is 20.3 Å². The summed E-state index contributed by atoms with van der Waals surface area (Å²) in [6.45, 7) is 2.95. The average Bonchev–Trinajstić information content (AvgIpc) is 3.04. The van der Waals surface area contributed by atoms with Crippen molar-refractivity contribution in [1.82, 2.24) is 9.97 Å². The molecular weight excluding hydrogens is 406 g/mol. The molecule has 0 saturated heterocycles. The Labute approximate surface area is 177 Å². The van der Waals surface area contributed by atoms with Crippen LogP contribution in [0.2, 0.25) is 0 Å². The molecule has 1 N–H and O–H groups in total. The number of nitrogens with one attached hydrogen (secondary N) is 1. The Balaban J connectivity index is 1.57. The molecule has 3 heterocycles. The van der Waals surface area contributed by atoms with Crippen LogP contribution in [-0.4, -0.2) is 36.1 Å². The fourth-order valence-electron chi connectivity index (χ4n) is 3.99. The number of likely N-dealkylation sites (N-methyl/N-ethyl adjacent to an activating group) is 1. The SMILES string of the molecule is Cc1nc(NC(C)c2cccc3c2OCC3(F)F)c2cc3c(cc2n1)OCC(=O)N3C. The number of ether oxygens (including phenoxy) is 2. The molecule has 2 aromatic carbocycles. The summed E-state index contributed by atoms with van der Waals surface area (Å²) < 4.78 is 39.1. The first kappa shape index (κ1) is 19.5. The number of carbonyl (C=O) groups is 1. The van der Waals surface area contributed by atoms with Crippen LogP contribution in [0.3, 0.4) is 0 Å². The number of nitrogens with zero attached hydrogens (tertiary/aromatic N) is 3. The Morgan fingerprint density at radius 1 is 1.23 bits per heavy atom. The summed E-state index contributed by atoms with van der Waals surface area (Å²) in [6, 6.07) is 7.97. The van der Waals surface area contributed by atoms with Crippen LogP contribution < -0.4 is 19.7 Å². The number of halogens is 2. The lowest BCUT2D eigenvalue weighted by atomic mass is 10.0. The normalized spacial score (nSPS) is 17.6. The first-order valence-electron chi connectivity index (χ1n) is 9.87. The first-order valence-corrected chi connectivity index (χ1v) is 9.87. The smallest absolute Gasteiger partial charge is 0.310 e. The molecule has 0 radical (unpaired) electrons. The number of fused-ring (bicyclic) bond motifs is 3. The second kappa shape index (κ2) is 6.76. The van der Waals surface area contributed by atoms with Crippen molar-refractivity contribution in [2.24, 2.45) is 0 Å². The maximum Gasteiger partial charge on any atom is 0.310 e. The van der Waals surface area contributed by atoms with Crippen LogP contribution in [-0.2, 0) is 10.7 Å². The number of alkyl halides is 2. The number of hydrogen-bond donors (Lipinski definition) is 1. The van der Waals surface area contributed by atoms with E-state index < -0.39 is 12.5 Å². The number of hydrogen-bond acceptors (Lipinski definition) is 6. The monoisotopic (exact) mass is 426 g/mol. The Bertz CT molecular complexity index is 1230. The second-order valence-corrected chi connectivity index (χ2v) is 7.78. The highest BCUT2D eigenvalue weighted by Crippen LogP contribution is 2.45. The molecule has 31 heavy (non-hydrogen) atoms. The van der Waals surface area contributed by atoms with Crippen molar-refractivity contribution < 1.29 is 23.0 Å². The number of aromatic nitrogens is 2. The van der Waals surface area contributed by atoms with Gasteiger partial charge in [0.1, 0.15) is 23.1 Å². The summed E-state index contributed by atoms with van der Waals surface area (Å²) in [5, 5.41) is 4.01. The molecular formula is C22H20F2N4O3. The van der Waals surface area contributed by atoms with Gasteiger partial charge < -0.3 is 19.7 Å². The van der Waals surface area contributed by atoms with E-state index in [9.17, 15) is 13.6 Å². The molecule has 2 aliphatic rings. The first-order chi connectivity index (χ1) is 14.7. The van der Waals surface area contributed by atoms with Crippen LogP contribution in [0.1, 0.15) is 29.9 Å². The van der Waals surface area contributed by atoms with Gasteiger partial charge in [-0.1, -0.05) is 12.1 Å². The molecule has 1 amide bonds. The van der Waals surface area contributed by atoms with Gasteiger partial charge in [-0.05, 0) is 26.0 Å². The molecule has 7 nitrogen and oxygen atoms in total. The third-order valence-corrected chi connectivity index (χ3v) is 5.63. The zero-order chi connectivity index (χ0) is 21.9. The largest absolute Gasteiger partial charge is 0.486 e. The van der Waals surface area contributed by atoms with Gasteiger partial charge in [-0.25, -0.2) is 9.97 Å². The summed E-state index contributed by atoms with van der Waals surface area (Å²) in [4.78, 5) is 22.6. The Kier molecular flexibility index (Phi) is 4.25. The van der Waals surface area contributed by atoms with E-state index in [2.05, 4.69) is 15.3 Å². The number of para-hydroxylation sites is 1. The van der Waals surface area contributed by atoms with Crippen molar-refractivity contribution in [3.63, 3.8) is 0 Å². The highest BCUT2D eigenvalue weighted by molar-refractivity contribution is 6.02. The van der Waals surface area contributed by atoms with Crippen molar-refractivity contribution >= 4 is 28.3 Å². The van der Waals surface area contributed by atoms with Gasteiger partial charge in [0.05, 0.1) is 22.8 Å². The minimum Gasteiger partial charge on any atom is -0.486 e. The number of aryl methyl sites for hydroxylation is 1. The maximum absolute atomic E-state index is 14.1. The maximum atomic E-state index is 14.1. The van der Waals surface area contributed by atoms with Gasteiger partial charge in [-0.3, -0.25) is 4.79 Å². The third kappa shape index (κ3) is 3.11. The zero-order valence-electron chi connectivity index (χ0n) is 17.2. The predicted octanol–water partition coefficient (Wildman–Crippen LogP) is 3.95. The molecule has 0 spiro atoms. The molecule has 9 heteroatoms. The molecule has 0 aliphatic carbocycles. The number of amides is 1. The van der Waals surface area contributed by atoms with Crippen molar-refractivity contribution in [2.75, 3.05) is 30.5 Å². The third-order valence-electron chi connectivity index (χ3n) is 5.63. The van der Waals surface area contributed by atoms with Crippen LogP contribution in [0.5, 0.6) is 11.5 Å². The molecule has 2 aliphatic heterocycles. The van der Waals surface area contributed by atoms with Crippen LogP contribution in [0.15, 0.2) is 30.3 Å². The van der Waals surface area contributed by atoms with E-state index >= 15 is 0 Å². The molecule has 0 bridgehead atoms. The number of anilines is 2. The Hall–Kier alpha value is -3.49. The Morgan fingerprint density at radius 2 is 2.03 bits per heavy atom. The molecule has 5 rings (SSSR count). The second-order valence-electron chi connectivity index (χ2n) is 7.78. The van der Waals surface area contributed by atoms with Crippen LogP contribution in [0.25, 0.3) is 10.9 Å². The minimum absolute atomic E-state index is 0.0229. The van der Waals surface area contributed by atoms with Gasteiger partial charge in [0.2, 0.25) is 0 Å². The molecule has 160 valence electrons. The summed E-state index contributed by atoms with van der Waals surface area (Å²) in [5.41, 5.74) is 1.79. The lowest BCUT2D eigenvalue weighted by Crippen LogP contribution is -2.35. The summed E-state index contributed by atoms with van der Waals surface area (Å²) >= 11 is 0. The van der Waals surface area contributed by atoms with E-state index in [-0.39, 0.29) is 29.9 Å². The van der Waals surface area contributed by atoms with Crippen LogP contribution >= 0.6 is 0 Å². The van der Waals surface area contributed by atoms with Crippen molar-refractivity contribution in [3.05, 3.63) is 47.3 Å². The van der Waals surface area contributed by atoms with Crippen LogP contribution in [0, 0.1) is 6.92 Å². The van der Waals surface area contributed by atoms with Crippen molar-refractivity contribution in [1.29, 1.82) is 0 Å². The lowest BCUT2D eigenvalue weighted by molar-refractivity contribution is -0.120. The summed E-state index contributed by atoms with van der Waals surface area (Å²) in [6.07, 6.45) is 0. The number of carbonyl (C=O) groups excluding carboxylic acids is 1. The van der Waals surface area contributed by atoms with Gasteiger partial charge >= 0.3 is 5.92 Å². The fraction of sp³-hybridized carbons (Fsp3) is 0.318. The highest BCUT2D eigenvalue weighted by Gasteiger charge is 2.42. The van der Waals surface area contributed by atoms with Gasteiger partial charge in [0.25, 0.3) is 5.91 Å². The minimum atomic E-state index is -3.00. The molecule has 0 fully saturated rings. The van der Waals surface area contributed by atoms with Crippen molar-refractivity contribution in [2.45, 2.75) is 25.8 Å². The van der Waals surface area contributed by atoms with E-state index in [1.807, 2.05) is 6.92 Å². The zero-order valence-corrected chi connectivity index (χ0v) is 17.2. The van der Waals surface area contributed by atoms with E-state index in [1.165, 1.54) is 11.0 Å². The van der Waals surface area contributed by atoms with E-state index in [0.717, 1.165) is 0 Å². The highest BCUT2D eigenvalue weighted by atomic mass is 19.3. The van der Waals surface area contributed by atoms with Gasteiger partial charge in [0, 0.05) is 24.1 Å². The standard InChI is InChI=1S/C22H20F2N4O3/c1-11(13-5-4-6-15-20(13)31-10-22(15,23)24)25-21-14-7-17-18(30-9-19(29)28(17)3)8-16(14)26-12(2)27-21/h4-8,11H,9-10H2,1-3H3,(H,25,26,27). The summed E-state index contributed by atoms with van der Waals surface area (Å²) in [7, 11) is 1.69. The molecule has 1 aromatic heterocycles. The molecule has 1 atom stereocenters. The fourth-order valence-corrected chi connectivity index (χ4v) is 3.99. The number of rotatable bonds is 3. The predicted molar refractivity (Wildman–Crippen MR) is 111 cm³/mol. The quantitative estimate of drug-likeness (QED) is 0.684. The molecule has 1 unspecified atom stereocenters. The van der Waals surface area contributed by atoms with Crippen molar-refractivity contribution in [3.8, 4) is 11.5 Å². The molecule has 0 saturated carbocycles. The molecule has 3 aromatic rings. The van der Waals surface area contributed by atoms with Gasteiger partial charge in [0.15, 0.2) is 13.2 Å². The van der Waals surface area contributed by atoms with E-state index in [4.69, 9.17) is 9.47 Å². The average molecular weight is 426 g/mol. The summed E-state index contributed by atoms with van der Waals surface area (Å²) in [5.74, 6) is -1.29.